The summed E-state index contributed by atoms with van der Waals surface area (Å²) >= 11 is 0.565. The molecule has 1 aromatic heterocycles. The minimum Gasteiger partial charge on any atom is -0.744 e. The maximum absolute atomic E-state index is 14.4. The van der Waals surface area contributed by atoms with E-state index in [1.54, 1.807) is 4.90 Å². The first-order chi connectivity index (χ1) is 26.8. The molecule has 0 spiro atoms. The minimum atomic E-state index is -5.26. The van der Waals surface area contributed by atoms with Crippen molar-refractivity contribution in [2.45, 2.75) is 14.7 Å². The Hall–Kier alpha value is -1.76. The second-order valence-electron chi connectivity index (χ2n) is 10.6. The zero-order valence-corrected chi connectivity index (χ0v) is 40.2. The van der Waals surface area contributed by atoms with Crippen LogP contribution >= 0.6 is 24.4 Å². The minimum absolute atomic E-state index is 0. The summed E-state index contributed by atoms with van der Waals surface area (Å²) in [6.45, 7) is 1.27. The Balaban J connectivity index is 0.00000400. The molecule has 59 heavy (non-hydrogen) atoms. The molecule has 1 fully saturated rings. The van der Waals surface area contributed by atoms with Gasteiger partial charge >= 0.3 is 94.8 Å². The monoisotopic (exact) mass is 927 g/mol. The fourth-order valence-corrected chi connectivity index (χ4v) is 6.99. The van der Waals surface area contributed by atoms with Gasteiger partial charge in [0, 0.05) is 18.8 Å². The van der Waals surface area contributed by atoms with E-state index in [0.717, 1.165) is 6.07 Å². The molecular weight excluding hydrogens is 903 g/mol. The number of nitrogens with zero attached hydrogens (tertiary/aromatic N) is 8. The van der Waals surface area contributed by atoms with E-state index in [1.165, 1.54) is 42.5 Å². The first kappa shape index (κ1) is 53.4. The van der Waals surface area contributed by atoms with Crippen LogP contribution in [0.4, 0.5) is 56.1 Å². The maximum Gasteiger partial charge on any atom is 1.00 e. The van der Waals surface area contributed by atoms with Crippen LogP contribution in [0.2, 0.25) is 0 Å². The molecule has 32 heteroatoms. The summed E-state index contributed by atoms with van der Waals surface area (Å²) in [5.41, 5.74) is 10.5. The van der Waals surface area contributed by atoms with Crippen LogP contribution in [0.25, 0.3) is 0 Å². The number of ether oxygens (including phenoxy) is 1. The normalized spacial score (nSPS) is 13.2. The number of aromatic nitrogens is 3. The molecular formula is C27H25FN11Na3O13S4. The first-order valence-electron chi connectivity index (χ1n) is 15.2. The number of hydrogen-bond acceptors (Lipinski definition) is 26. The molecule has 1 saturated heterocycles. The molecule has 1 aliphatic heterocycles. The van der Waals surface area contributed by atoms with Crippen molar-refractivity contribution in [1.82, 2.24) is 15.0 Å². The van der Waals surface area contributed by atoms with Crippen LogP contribution in [0.1, 0.15) is 0 Å². The van der Waals surface area contributed by atoms with Crippen molar-refractivity contribution >= 4 is 96.0 Å². The molecule has 0 radical (unpaired) electrons. The summed E-state index contributed by atoms with van der Waals surface area (Å²) in [5, 5.41) is 45.5. The molecule has 4 aromatic rings. The molecule has 300 valence electrons. The molecule has 3 aromatic carbocycles. The van der Waals surface area contributed by atoms with Crippen LogP contribution < -0.4 is 121 Å². The number of rotatable bonds is 18. The smallest absolute Gasteiger partial charge is 0.744 e. The van der Waals surface area contributed by atoms with E-state index in [-0.39, 0.29) is 158 Å². The summed E-state index contributed by atoms with van der Waals surface area (Å²) in [7, 11) is -9.10. The van der Waals surface area contributed by atoms with Crippen molar-refractivity contribution in [3.05, 3.63) is 54.6 Å². The summed E-state index contributed by atoms with van der Waals surface area (Å²) in [6.07, 6.45) is -1.06. The quantitative estimate of drug-likeness (QED) is 0.0122. The van der Waals surface area contributed by atoms with Crippen molar-refractivity contribution in [1.29, 1.82) is 0 Å². The van der Waals surface area contributed by atoms with Crippen LogP contribution in [-0.2, 0) is 47.6 Å². The third-order valence-corrected chi connectivity index (χ3v) is 10.7. The SMILES string of the molecule is Nc1c(N=Nc2ccc(S(=O)(=O)CCOSOO[O-])cc2)cc(S(=O)(=O)[O-])c(N)c1N=Nc1cc(Nc2nc(F)nc(N3CCOCC3)n2)ccc1SOO[O-].[Na+].[Na+].[Na+]. The third kappa shape index (κ3) is 15.5. The third-order valence-electron chi connectivity index (χ3n) is 7.11. The second-order valence-corrected chi connectivity index (χ2v) is 15.3. The van der Waals surface area contributed by atoms with Crippen molar-refractivity contribution < 1.29 is 153 Å². The Morgan fingerprint density at radius 3 is 2.20 bits per heavy atom. The van der Waals surface area contributed by atoms with Gasteiger partial charge in [-0.3, -0.25) is 14.3 Å². The summed E-state index contributed by atoms with van der Waals surface area (Å²) in [4.78, 5) is 12.4. The molecule has 0 amide bonds. The van der Waals surface area contributed by atoms with E-state index < -0.39 is 48.1 Å². The molecule has 2 heterocycles. The van der Waals surface area contributed by atoms with E-state index in [0.29, 0.717) is 38.3 Å². The first-order valence-corrected chi connectivity index (χ1v) is 19.6. The molecule has 1 aliphatic rings. The Labute approximate surface area is 409 Å². The van der Waals surface area contributed by atoms with Crippen LogP contribution in [-0.4, -0.2) is 75.0 Å². The topological polar surface area (TPSA) is 348 Å². The standard InChI is InChI=1S/C27H28FN11O13S4.3Na/c28-25-32-26(34-27(33-25)39-7-9-47-10-8-39)31-16-3-6-20(53-51-49-40)18(13-16)36-38-24-22(29)19(14-21(23(24)30)56(44,45)46)37-35-15-1-4-17(5-2-15)55(42,43)12-11-48-54-52-50-41;;;/h1-6,13-14,40-41H,7-12,29-30H2,(H,44,45,46)(H,31,32,33,34);;;/q;3*+1/p-3. The number of benzene rings is 3. The average molecular weight is 928 g/mol. The van der Waals surface area contributed by atoms with Crippen molar-refractivity contribution in [2.75, 3.05) is 60.3 Å². The molecule has 0 aliphatic carbocycles. The van der Waals surface area contributed by atoms with Gasteiger partial charge in [-0.05, 0) is 48.5 Å². The number of sulfone groups is 1. The number of hydrogen-bond donors (Lipinski definition) is 3. The Morgan fingerprint density at radius 1 is 0.864 bits per heavy atom. The molecule has 24 nitrogen and oxygen atoms in total. The zero-order valence-electron chi connectivity index (χ0n) is 30.9. The van der Waals surface area contributed by atoms with Gasteiger partial charge in [0.05, 0.1) is 69.4 Å². The number of anilines is 5. The van der Waals surface area contributed by atoms with Gasteiger partial charge in [0.25, 0.3) is 0 Å². The predicted molar refractivity (Wildman–Crippen MR) is 186 cm³/mol. The van der Waals surface area contributed by atoms with Crippen LogP contribution in [0.5, 0.6) is 0 Å². The number of nitrogens with two attached hydrogens (primary N) is 2. The van der Waals surface area contributed by atoms with E-state index in [2.05, 4.69) is 59.5 Å². The molecule has 0 unspecified atom stereocenters. The Morgan fingerprint density at radius 2 is 1.54 bits per heavy atom. The number of halogens is 1. The largest absolute Gasteiger partial charge is 1.00 e. The summed E-state index contributed by atoms with van der Waals surface area (Å²) < 4.78 is 94.3. The summed E-state index contributed by atoms with van der Waals surface area (Å²) in [5.74, 6) is -0.602. The van der Waals surface area contributed by atoms with Crippen LogP contribution in [0.3, 0.4) is 0 Å². The van der Waals surface area contributed by atoms with Gasteiger partial charge in [-0.25, -0.2) is 16.8 Å². The van der Waals surface area contributed by atoms with Gasteiger partial charge in [0.15, 0.2) is 22.2 Å². The van der Waals surface area contributed by atoms with Gasteiger partial charge < -0.3 is 41.5 Å². The van der Waals surface area contributed by atoms with E-state index in [4.69, 9.17) is 20.4 Å². The molecule has 0 bridgehead atoms. The van der Waals surface area contributed by atoms with E-state index in [1.807, 2.05) is 0 Å². The average Bonchev–Trinajstić information content (AvgIpc) is 3.17. The molecule has 5 rings (SSSR count). The predicted octanol–water partition coefficient (Wildman–Crippen LogP) is -6.69. The van der Waals surface area contributed by atoms with Gasteiger partial charge in [-0.2, -0.15) is 28.8 Å². The Kier molecular flexibility index (Phi) is 23.0. The molecule has 0 saturated carbocycles. The van der Waals surface area contributed by atoms with Crippen molar-refractivity contribution in [2.24, 2.45) is 20.5 Å². The van der Waals surface area contributed by atoms with Gasteiger partial charge in [0.2, 0.25) is 11.9 Å². The fraction of sp³-hybridized carbons (Fsp3) is 0.222. The second kappa shape index (κ2) is 25.4. The number of azo groups is 2. The number of nitrogens with one attached hydrogen (secondary N) is 1. The van der Waals surface area contributed by atoms with E-state index >= 15 is 0 Å². The number of nitrogen functional groups attached to an aromatic ring is 2. The molecule has 5 N–H and O–H groups in total. The van der Waals surface area contributed by atoms with Gasteiger partial charge in [-0.1, -0.05) is 0 Å². The fourth-order valence-electron chi connectivity index (χ4n) is 4.55. The zero-order chi connectivity index (χ0) is 40.3. The Bertz CT molecular complexity index is 2310. The van der Waals surface area contributed by atoms with Crippen molar-refractivity contribution in [3.8, 4) is 0 Å². The number of morpholine rings is 1. The van der Waals surface area contributed by atoms with Gasteiger partial charge in [-0.15, -0.1) is 19.7 Å². The molecule has 0 atom stereocenters. The van der Waals surface area contributed by atoms with E-state index in [9.17, 15) is 36.3 Å². The summed E-state index contributed by atoms with van der Waals surface area (Å²) in [6, 6.07) is 9.87. The van der Waals surface area contributed by atoms with Crippen LogP contribution in [0, 0.1) is 6.08 Å². The van der Waals surface area contributed by atoms with Gasteiger partial charge in [0.1, 0.15) is 27.2 Å². The maximum atomic E-state index is 14.4. The van der Waals surface area contributed by atoms with Crippen molar-refractivity contribution in [3.63, 3.8) is 0 Å². The van der Waals surface area contributed by atoms with Crippen LogP contribution in [0.15, 0.2) is 83.7 Å².